The quantitative estimate of drug-likeness (QED) is 0.0309. The Morgan fingerprint density at radius 1 is 0.411 bits per heavy atom. The molecule has 3 rings (SSSR count). The van der Waals surface area contributed by atoms with E-state index in [0.29, 0.717) is 99.1 Å². The zero-order valence-corrected chi connectivity index (χ0v) is 55.8. The second-order valence-corrected chi connectivity index (χ2v) is 25.6. The molecule has 3 aliphatic rings. The minimum atomic E-state index is -1.78. The molecule has 0 aromatic heterocycles. The minimum absolute atomic E-state index is 0.0371. The molecule has 15 unspecified atom stereocenters. The third-order valence-corrected chi connectivity index (χ3v) is 18.1. The van der Waals surface area contributed by atoms with Gasteiger partial charge in [0, 0.05) is 44.2 Å². The van der Waals surface area contributed by atoms with Crippen molar-refractivity contribution in [1.29, 1.82) is 0 Å². The van der Waals surface area contributed by atoms with Crippen molar-refractivity contribution in [3.63, 3.8) is 0 Å². The van der Waals surface area contributed by atoms with Crippen LogP contribution >= 0.6 is 21.6 Å². The van der Waals surface area contributed by atoms with Crippen molar-refractivity contribution in [2.75, 3.05) is 170 Å². The van der Waals surface area contributed by atoms with Crippen LogP contribution < -0.4 is 5.32 Å². The lowest BCUT2D eigenvalue weighted by Gasteiger charge is -2.50. The maximum atomic E-state index is 12.6. The Morgan fingerprint density at radius 3 is 1.21 bits per heavy atom. The number of rotatable bonds is 61. The number of nitrogens with one attached hydrogen (secondary N) is 1. The highest BCUT2D eigenvalue weighted by Crippen LogP contribution is 2.35. The molecule has 534 valence electrons. The summed E-state index contributed by atoms with van der Waals surface area (Å²) in [6.07, 6.45) is 2.86. The standard InChI is InChI=1S/C62H119NO25S2/c1-47-53(68)56(71)58(73)62(85-47)88-60-52(63-48(2)67)61(87-51(46-66)59(60)86-50-44-49(45-65)54(69)57(72)55(50)70)84-41-40-83-39-38-82-37-36-81-35-34-80-33-31-78-28-25-75-22-17-13-9-5-7-11-15-19-43-90-89-42-18-14-10-6-3-4-8-12-16-21-74-24-27-77-30-32-79-29-26-76-23-20-64/h47,49-62,64-66,68-73H,3-46H2,1-2H3,(H,63,67). The molecule has 0 bridgehead atoms. The van der Waals surface area contributed by atoms with Gasteiger partial charge in [-0.25, -0.2) is 0 Å². The van der Waals surface area contributed by atoms with Gasteiger partial charge in [0.25, 0.3) is 0 Å². The normalized spacial score (nSPS) is 27.2. The fourth-order valence-electron chi connectivity index (χ4n) is 10.4. The van der Waals surface area contributed by atoms with E-state index >= 15 is 0 Å². The van der Waals surface area contributed by atoms with Gasteiger partial charge in [0.1, 0.15) is 54.9 Å². The summed E-state index contributed by atoms with van der Waals surface area (Å²) in [5, 5.41) is 95.4. The van der Waals surface area contributed by atoms with Crippen molar-refractivity contribution in [2.45, 2.75) is 215 Å². The highest BCUT2D eigenvalue weighted by Gasteiger charge is 2.54. The monoisotopic (exact) mass is 1340 g/mol. The number of hydrogen-bond acceptors (Lipinski definition) is 27. The van der Waals surface area contributed by atoms with E-state index in [1.807, 2.05) is 0 Å². The lowest BCUT2D eigenvalue weighted by Crippen LogP contribution is -2.69. The molecule has 1 aliphatic carbocycles. The molecule has 0 spiro atoms. The summed E-state index contributed by atoms with van der Waals surface area (Å²) < 4.78 is 85.7. The summed E-state index contributed by atoms with van der Waals surface area (Å²) in [6.45, 7) is 10.8. The molecule has 0 radical (unpaired) electrons. The van der Waals surface area contributed by atoms with E-state index in [9.17, 15) is 45.6 Å². The van der Waals surface area contributed by atoms with Gasteiger partial charge in [-0.15, -0.1) is 0 Å². The molecule has 10 N–H and O–H groups in total. The van der Waals surface area contributed by atoms with Crippen molar-refractivity contribution in [3.8, 4) is 0 Å². The summed E-state index contributed by atoms with van der Waals surface area (Å²) in [4.78, 5) is 12.6. The largest absolute Gasteiger partial charge is 0.396 e. The SMILES string of the molecule is CC(=O)NC1C(OCCOCCOCCOCCOCCOCCOCCCCCCCCCCSSCCCCCCCCCCCOCCOCCOCCOCCO)OC(CO)C(OC2CC(CO)C(O)C(O)C2O)C1OC1OC(C)C(O)C(O)C1O. The van der Waals surface area contributed by atoms with Crippen LogP contribution in [-0.4, -0.2) is 308 Å². The topological polar surface area (TPSA) is 350 Å². The Hall–Kier alpha value is -0.790. The van der Waals surface area contributed by atoms with Crippen LogP contribution in [0.2, 0.25) is 0 Å². The highest BCUT2D eigenvalue weighted by molar-refractivity contribution is 8.76. The summed E-state index contributed by atoms with van der Waals surface area (Å²) in [6, 6.07) is -1.24. The number of carbonyl (C=O) groups excluding carboxylic acids is 1. The van der Waals surface area contributed by atoms with Gasteiger partial charge in [-0.2, -0.15) is 0 Å². The summed E-state index contributed by atoms with van der Waals surface area (Å²) in [5.74, 6) is 1.09. The van der Waals surface area contributed by atoms with Gasteiger partial charge in [0.15, 0.2) is 12.6 Å². The van der Waals surface area contributed by atoms with Crippen molar-refractivity contribution in [3.05, 3.63) is 0 Å². The first-order chi connectivity index (χ1) is 43.9. The molecule has 28 heteroatoms. The molecular weight excluding hydrogens is 1220 g/mol. The Morgan fingerprint density at radius 2 is 0.800 bits per heavy atom. The number of ether oxygens (including phenoxy) is 15. The first-order valence-electron chi connectivity index (χ1n) is 33.4. The molecule has 2 saturated heterocycles. The molecule has 1 amide bonds. The zero-order valence-electron chi connectivity index (χ0n) is 54.1. The van der Waals surface area contributed by atoms with Crippen LogP contribution in [0, 0.1) is 5.92 Å². The van der Waals surface area contributed by atoms with Gasteiger partial charge in [-0.3, -0.25) is 4.79 Å². The van der Waals surface area contributed by atoms with Crippen LogP contribution in [0.25, 0.3) is 0 Å². The highest BCUT2D eigenvalue weighted by atomic mass is 33.1. The predicted molar refractivity (Wildman–Crippen MR) is 337 cm³/mol. The van der Waals surface area contributed by atoms with Crippen molar-refractivity contribution >= 4 is 27.5 Å². The second kappa shape index (κ2) is 56.3. The molecule has 26 nitrogen and oxygen atoms in total. The van der Waals surface area contributed by atoms with Crippen LogP contribution in [0.3, 0.4) is 0 Å². The van der Waals surface area contributed by atoms with E-state index in [2.05, 4.69) is 26.9 Å². The average Bonchev–Trinajstić information content (AvgIpc) is 0.812. The smallest absolute Gasteiger partial charge is 0.217 e. The van der Waals surface area contributed by atoms with E-state index in [4.69, 9.17) is 76.2 Å². The van der Waals surface area contributed by atoms with E-state index in [-0.39, 0.29) is 39.5 Å². The maximum absolute atomic E-state index is 12.6. The summed E-state index contributed by atoms with van der Waals surface area (Å²) >= 11 is 0. The molecule has 0 aromatic carbocycles. The lowest BCUT2D eigenvalue weighted by molar-refractivity contribution is -0.351. The Balaban J connectivity index is 1.06. The third kappa shape index (κ3) is 38.2. The fourth-order valence-corrected chi connectivity index (χ4v) is 12.7. The average molecular weight is 1340 g/mol. The van der Waals surface area contributed by atoms with Crippen LogP contribution in [0.4, 0.5) is 0 Å². The molecule has 0 aromatic rings. The molecular formula is C62H119NO25S2. The third-order valence-electron chi connectivity index (χ3n) is 15.5. The number of aliphatic hydroxyl groups excluding tert-OH is 9. The molecule has 2 aliphatic heterocycles. The maximum Gasteiger partial charge on any atom is 0.217 e. The van der Waals surface area contributed by atoms with Gasteiger partial charge in [-0.1, -0.05) is 105 Å². The Bertz CT molecular complexity index is 1630. The van der Waals surface area contributed by atoms with Crippen molar-refractivity contribution < 1.29 is 122 Å². The molecule has 2 heterocycles. The van der Waals surface area contributed by atoms with E-state index in [0.717, 1.165) is 26.1 Å². The number of carbonyl (C=O) groups is 1. The summed E-state index contributed by atoms with van der Waals surface area (Å²) in [5.41, 5.74) is 0. The van der Waals surface area contributed by atoms with E-state index in [1.165, 1.54) is 122 Å². The van der Waals surface area contributed by atoms with E-state index < -0.39 is 111 Å². The van der Waals surface area contributed by atoms with Crippen LogP contribution in [0.1, 0.15) is 129 Å². The number of unbranched alkanes of at least 4 members (excludes halogenated alkanes) is 15. The Labute approximate surface area is 543 Å². The molecule has 3 fully saturated rings. The number of aliphatic hydroxyl groups is 9. The van der Waals surface area contributed by atoms with Gasteiger partial charge < -0.3 is 122 Å². The van der Waals surface area contributed by atoms with Gasteiger partial charge in [0.05, 0.1) is 157 Å². The lowest BCUT2D eigenvalue weighted by atomic mass is 9.81. The summed E-state index contributed by atoms with van der Waals surface area (Å²) in [7, 11) is 4.11. The number of hydrogen-bond donors (Lipinski definition) is 10. The van der Waals surface area contributed by atoms with Gasteiger partial charge in [0.2, 0.25) is 5.91 Å². The first-order valence-corrected chi connectivity index (χ1v) is 35.9. The van der Waals surface area contributed by atoms with Crippen molar-refractivity contribution in [1.82, 2.24) is 5.32 Å². The Kier molecular flexibility index (Phi) is 52.1. The second-order valence-electron chi connectivity index (χ2n) is 22.9. The van der Waals surface area contributed by atoms with Gasteiger partial charge in [-0.05, 0) is 39.0 Å². The predicted octanol–water partition coefficient (Wildman–Crippen LogP) is 2.46. The van der Waals surface area contributed by atoms with E-state index in [1.54, 1.807) is 0 Å². The van der Waals surface area contributed by atoms with Crippen LogP contribution in [0.15, 0.2) is 0 Å². The first kappa shape index (κ1) is 83.4. The molecule has 1 saturated carbocycles. The van der Waals surface area contributed by atoms with Crippen LogP contribution in [-0.2, 0) is 75.8 Å². The number of amides is 1. The molecule has 15 atom stereocenters. The van der Waals surface area contributed by atoms with Crippen molar-refractivity contribution in [2.24, 2.45) is 5.92 Å². The zero-order chi connectivity index (χ0) is 65.1. The minimum Gasteiger partial charge on any atom is -0.396 e. The molecule has 90 heavy (non-hydrogen) atoms. The van der Waals surface area contributed by atoms with Gasteiger partial charge >= 0.3 is 0 Å². The van der Waals surface area contributed by atoms with Crippen LogP contribution in [0.5, 0.6) is 0 Å². The fraction of sp³-hybridized carbons (Fsp3) is 0.984.